The molecule has 2 rings (SSSR count). The van der Waals surface area contributed by atoms with Crippen molar-refractivity contribution in [2.75, 3.05) is 18.9 Å². The Morgan fingerprint density at radius 2 is 1.93 bits per heavy atom. The lowest BCUT2D eigenvalue weighted by Gasteiger charge is -2.20. The second-order valence-corrected chi connectivity index (χ2v) is 4.66. The molecule has 1 aliphatic rings. The normalized spacial score (nSPS) is 15.9. The molecule has 0 amide bonds. The first-order chi connectivity index (χ1) is 7.02. The summed E-state index contributed by atoms with van der Waals surface area (Å²) in [5.74, 6) is 0.715. The zero-order valence-electron chi connectivity index (χ0n) is 9.86. The van der Waals surface area contributed by atoms with Crippen LogP contribution in [0.15, 0.2) is 12.3 Å². The second kappa shape index (κ2) is 5.16. The Balaban J connectivity index is 0.000000187. The maximum Gasteiger partial charge on any atom is 0.122 e. The van der Waals surface area contributed by atoms with Crippen LogP contribution >= 0.6 is 0 Å². The van der Waals surface area contributed by atoms with Crippen LogP contribution < -0.4 is 5.73 Å². The van der Waals surface area contributed by atoms with Crippen molar-refractivity contribution >= 4 is 5.82 Å². The van der Waals surface area contributed by atoms with Crippen LogP contribution in [0.3, 0.4) is 0 Å². The van der Waals surface area contributed by atoms with E-state index < -0.39 is 0 Å². The summed E-state index contributed by atoms with van der Waals surface area (Å²) in [5.41, 5.74) is 5.62. The Morgan fingerprint density at radius 3 is 2.13 bits per heavy atom. The number of rotatable bonds is 0. The van der Waals surface area contributed by atoms with Crippen molar-refractivity contribution in [1.82, 2.24) is 9.78 Å². The summed E-state index contributed by atoms with van der Waals surface area (Å²) in [6.45, 7) is 8.20. The Bertz CT molecular complexity index is 277. The van der Waals surface area contributed by atoms with E-state index in [1.54, 1.807) is 16.9 Å². The molecule has 0 bridgehead atoms. The van der Waals surface area contributed by atoms with Crippen molar-refractivity contribution in [3.8, 4) is 0 Å². The van der Waals surface area contributed by atoms with E-state index in [1.807, 2.05) is 0 Å². The highest BCUT2D eigenvalue weighted by molar-refractivity contribution is 5.27. The van der Waals surface area contributed by atoms with Gasteiger partial charge in [0.15, 0.2) is 0 Å². The SMILES string of the molecule is C1CCOC1.CC(C)(C)n1nccc1N. The van der Waals surface area contributed by atoms with Gasteiger partial charge in [0.2, 0.25) is 0 Å². The molecule has 2 heterocycles. The number of nitrogen functional groups attached to an aromatic ring is 1. The smallest absolute Gasteiger partial charge is 0.122 e. The number of nitrogens with two attached hydrogens (primary N) is 1. The van der Waals surface area contributed by atoms with Gasteiger partial charge in [-0.25, -0.2) is 4.68 Å². The first-order valence-electron chi connectivity index (χ1n) is 5.39. The fourth-order valence-corrected chi connectivity index (χ4v) is 1.38. The average Bonchev–Trinajstić information content (AvgIpc) is 2.72. The number of nitrogens with zero attached hydrogens (tertiary/aromatic N) is 2. The molecule has 86 valence electrons. The Morgan fingerprint density at radius 1 is 1.33 bits per heavy atom. The predicted octanol–water partition coefficient (Wildman–Crippen LogP) is 2.02. The van der Waals surface area contributed by atoms with E-state index in [4.69, 9.17) is 10.5 Å². The molecule has 0 aliphatic carbocycles. The van der Waals surface area contributed by atoms with Gasteiger partial charge in [-0.3, -0.25) is 0 Å². The van der Waals surface area contributed by atoms with E-state index in [1.165, 1.54) is 12.8 Å². The molecule has 15 heavy (non-hydrogen) atoms. The lowest BCUT2D eigenvalue weighted by atomic mass is 10.1. The quantitative estimate of drug-likeness (QED) is 0.714. The van der Waals surface area contributed by atoms with Crippen LogP contribution in [0.2, 0.25) is 0 Å². The Hall–Kier alpha value is -1.03. The summed E-state index contributed by atoms with van der Waals surface area (Å²) in [5, 5.41) is 4.08. The van der Waals surface area contributed by atoms with Gasteiger partial charge in [-0.2, -0.15) is 5.10 Å². The molecule has 1 fully saturated rings. The van der Waals surface area contributed by atoms with E-state index >= 15 is 0 Å². The molecular weight excluding hydrogens is 190 g/mol. The molecule has 0 unspecified atom stereocenters. The van der Waals surface area contributed by atoms with Gasteiger partial charge in [-0.15, -0.1) is 0 Å². The van der Waals surface area contributed by atoms with Crippen LogP contribution in [0.5, 0.6) is 0 Å². The monoisotopic (exact) mass is 211 g/mol. The summed E-state index contributed by atoms with van der Waals surface area (Å²) in [6.07, 6.45) is 4.26. The molecular formula is C11H21N3O. The third kappa shape index (κ3) is 3.91. The van der Waals surface area contributed by atoms with Gasteiger partial charge in [0.25, 0.3) is 0 Å². The Kier molecular flexibility index (Phi) is 4.15. The lowest BCUT2D eigenvalue weighted by Crippen LogP contribution is -2.24. The first kappa shape index (κ1) is 12.0. The highest BCUT2D eigenvalue weighted by Gasteiger charge is 2.14. The highest BCUT2D eigenvalue weighted by atomic mass is 16.5. The molecule has 0 aromatic carbocycles. The van der Waals surface area contributed by atoms with Crippen LogP contribution in [0.1, 0.15) is 33.6 Å². The number of ether oxygens (including phenoxy) is 1. The van der Waals surface area contributed by atoms with E-state index in [0.717, 1.165) is 13.2 Å². The largest absolute Gasteiger partial charge is 0.384 e. The van der Waals surface area contributed by atoms with E-state index in [-0.39, 0.29) is 5.54 Å². The second-order valence-electron chi connectivity index (χ2n) is 4.66. The van der Waals surface area contributed by atoms with Gasteiger partial charge >= 0.3 is 0 Å². The van der Waals surface area contributed by atoms with Crippen molar-refractivity contribution in [2.24, 2.45) is 0 Å². The van der Waals surface area contributed by atoms with Crippen molar-refractivity contribution in [1.29, 1.82) is 0 Å². The summed E-state index contributed by atoms with van der Waals surface area (Å²) in [4.78, 5) is 0. The maximum absolute atomic E-state index is 5.63. The van der Waals surface area contributed by atoms with E-state index in [2.05, 4.69) is 25.9 Å². The third-order valence-electron chi connectivity index (χ3n) is 2.13. The van der Waals surface area contributed by atoms with Crippen molar-refractivity contribution in [2.45, 2.75) is 39.2 Å². The Labute approximate surface area is 91.4 Å². The van der Waals surface area contributed by atoms with Crippen LogP contribution in [0, 0.1) is 0 Å². The summed E-state index contributed by atoms with van der Waals surface area (Å²) >= 11 is 0. The number of anilines is 1. The molecule has 0 saturated carbocycles. The zero-order valence-corrected chi connectivity index (χ0v) is 9.86. The van der Waals surface area contributed by atoms with Crippen molar-refractivity contribution < 1.29 is 4.74 Å². The summed E-state index contributed by atoms with van der Waals surface area (Å²) in [6, 6.07) is 1.80. The maximum atomic E-state index is 5.63. The van der Waals surface area contributed by atoms with Gasteiger partial charge in [0, 0.05) is 13.2 Å². The average molecular weight is 211 g/mol. The van der Waals surface area contributed by atoms with Crippen LogP contribution in [-0.4, -0.2) is 23.0 Å². The standard InChI is InChI=1S/C7H13N3.C4H8O/c1-7(2,3)10-6(8)4-5-9-10;1-2-4-5-3-1/h4-5H,8H2,1-3H3;1-4H2. The van der Waals surface area contributed by atoms with Gasteiger partial charge in [-0.1, -0.05) is 0 Å². The zero-order chi connectivity index (χ0) is 11.3. The van der Waals surface area contributed by atoms with Gasteiger partial charge in [-0.05, 0) is 39.7 Å². The molecule has 2 N–H and O–H groups in total. The molecule has 1 aromatic rings. The fourth-order valence-electron chi connectivity index (χ4n) is 1.38. The molecule has 4 heteroatoms. The van der Waals surface area contributed by atoms with E-state index in [0.29, 0.717) is 5.82 Å². The lowest BCUT2D eigenvalue weighted by molar-refractivity contribution is 0.198. The summed E-state index contributed by atoms with van der Waals surface area (Å²) < 4.78 is 6.74. The summed E-state index contributed by atoms with van der Waals surface area (Å²) in [7, 11) is 0. The predicted molar refractivity (Wildman–Crippen MR) is 61.7 cm³/mol. The van der Waals surface area contributed by atoms with Crippen LogP contribution in [-0.2, 0) is 10.3 Å². The first-order valence-corrected chi connectivity index (χ1v) is 5.39. The third-order valence-corrected chi connectivity index (χ3v) is 2.13. The van der Waals surface area contributed by atoms with Crippen molar-refractivity contribution in [3.05, 3.63) is 12.3 Å². The molecule has 0 spiro atoms. The number of aromatic nitrogens is 2. The van der Waals surface area contributed by atoms with Gasteiger partial charge in [0.1, 0.15) is 5.82 Å². The minimum Gasteiger partial charge on any atom is -0.384 e. The molecule has 4 nitrogen and oxygen atoms in total. The molecule has 1 aromatic heterocycles. The minimum atomic E-state index is -0.00637. The topological polar surface area (TPSA) is 53.1 Å². The molecule has 1 aliphatic heterocycles. The van der Waals surface area contributed by atoms with Crippen LogP contribution in [0.4, 0.5) is 5.82 Å². The number of hydrogen-bond acceptors (Lipinski definition) is 3. The fraction of sp³-hybridized carbons (Fsp3) is 0.727. The molecule has 0 atom stereocenters. The van der Waals surface area contributed by atoms with Crippen LogP contribution in [0.25, 0.3) is 0 Å². The highest BCUT2D eigenvalue weighted by Crippen LogP contribution is 2.15. The van der Waals surface area contributed by atoms with Gasteiger partial charge < -0.3 is 10.5 Å². The minimum absolute atomic E-state index is 0.00637. The van der Waals surface area contributed by atoms with E-state index in [9.17, 15) is 0 Å². The molecule has 0 radical (unpaired) electrons. The number of hydrogen-bond donors (Lipinski definition) is 1. The van der Waals surface area contributed by atoms with Crippen molar-refractivity contribution in [3.63, 3.8) is 0 Å². The molecule has 1 saturated heterocycles. The van der Waals surface area contributed by atoms with Gasteiger partial charge in [0.05, 0.1) is 11.7 Å².